The van der Waals surface area contributed by atoms with Gasteiger partial charge in [-0.1, -0.05) is 25.1 Å². The van der Waals surface area contributed by atoms with Crippen LogP contribution in [0.4, 0.5) is 0 Å². The van der Waals surface area contributed by atoms with Crippen LogP contribution in [0.1, 0.15) is 43.1 Å². The van der Waals surface area contributed by atoms with E-state index in [1.165, 1.54) is 0 Å². The third kappa shape index (κ3) is 1.88. The van der Waals surface area contributed by atoms with Gasteiger partial charge in [-0.25, -0.2) is 0 Å². The Morgan fingerprint density at radius 1 is 1.23 bits per heavy atom. The number of carbonyl (C=O) groups excluding carboxylic acids is 2. The first-order valence-corrected chi connectivity index (χ1v) is 7.70. The molecule has 1 aliphatic heterocycles. The van der Waals surface area contributed by atoms with Crippen molar-refractivity contribution in [2.75, 3.05) is 0 Å². The number of hydrogen-bond donors (Lipinski definition) is 0. The minimum atomic E-state index is -0.711. The molecule has 1 saturated carbocycles. The Morgan fingerprint density at radius 2 is 1.91 bits per heavy atom. The summed E-state index contributed by atoms with van der Waals surface area (Å²) in [7, 11) is 0. The highest BCUT2D eigenvalue weighted by atomic mass is 16.5. The van der Waals surface area contributed by atoms with E-state index < -0.39 is 22.9 Å². The maximum absolute atomic E-state index is 13.3. The maximum atomic E-state index is 13.3. The van der Waals surface area contributed by atoms with E-state index in [0.29, 0.717) is 17.7 Å². The second kappa shape index (κ2) is 4.55. The second-order valence-electron chi connectivity index (χ2n) is 7.33. The van der Waals surface area contributed by atoms with Gasteiger partial charge in [-0.05, 0) is 32.4 Å². The SMILES string of the molecule is C=C[C@@]1(C)CC(=O)[C@H]2[C@H]1C(=O)c1c(C)cccc1OC2(C)C. The van der Waals surface area contributed by atoms with E-state index in [1.807, 2.05) is 45.9 Å². The fourth-order valence-electron chi connectivity index (χ4n) is 4.15. The molecular formula is C19H22O3. The van der Waals surface area contributed by atoms with E-state index in [2.05, 4.69) is 6.58 Å². The van der Waals surface area contributed by atoms with Crippen LogP contribution < -0.4 is 4.74 Å². The molecule has 0 bridgehead atoms. The van der Waals surface area contributed by atoms with Crippen LogP contribution in [0.15, 0.2) is 30.9 Å². The van der Waals surface area contributed by atoms with Crippen molar-refractivity contribution < 1.29 is 14.3 Å². The van der Waals surface area contributed by atoms with Crippen LogP contribution in [0.5, 0.6) is 5.75 Å². The Labute approximate surface area is 131 Å². The van der Waals surface area contributed by atoms with Crippen LogP contribution in [0.25, 0.3) is 0 Å². The van der Waals surface area contributed by atoms with Gasteiger partial charge in [0.05, 0.1) is 11.5 Å². The molecule has 3 heteroatoms. The molecule has 2 aliphatic rings. The molecule has 1 aromatic rings. The lowest BCUT2D eigenvalue weighted by Crippen LogP contribution is -2.44. The summed E-state index contributed by atoms with van der Waals surface area (Å²) >= 11 is 0. The molecule has 3 nitrogen and oxygen atoms in total. The van der Waals surface area contributed by atoms with E-state index in [9.17, 15) is 9.59 Å². The number of allylic oxidation sites excluding steroid dienone is 1. The van der Waals surface area contributed by atoms with E-state index >= 15 is 0 Å². The van der Waals surface area contributed by atoms with Crippen LogP contribution in [0.3, 0.4) is 0 Å². The zero-order valence-electron chi connectivity index (χ0n) is 13.6. The number of Topliss-reactive ketones (excluding diaryl/α,β-unsaturated/α-hetero) is 2. The molecule has 0 amide bonds. The first-order valence-electron chi connectivity index (χ1n) is 7.70. The topological polar surface area (TPSA) is 43.4 Å². The summed E-state index contributed by atoms with van der Waals surface area (Å²) in [4.78, 5) is 25.9. The van der Waals surface area contributed by atoms with Gasteiger partial charge in [-0.3, -0.25) is 9.59 Å². The summed E-state index contributed by atoms with van der Waals surface area (Å²) in [5.74, 6) is -0.151. The van der Waals surface area contributed by atoms with E-state index in [-0.39, 0.29) is 11.6 Å². The Balaban J connectivity index is 2.28. The van der Waals surface area contributed by atoms with Crippen molar-refractivity contribution >= 4 is 11.6 Å². The molecule has 0 radical (unpaired) electrons. The molecule has 0 aromatic heterocycles. The molecule has 1 fully saturated rings. The van der Waals surface area contributed by atoms with Crippen molar-refractivity contribution in [1.29, 1.82) is 0 Å². The molecule has 0 saturated heterocycles. The molecule has 3 rings (SSSR count). The monoisotopic (exact) mass is 298 g/mol. The van der Waals surface area contributed by atoms with Crippen LogP contribution in [0.2, 0.25) is 0 Å². The molecule has 22 heavy (non-hydrogen) atoms. The number of rotatable bonds is 1. The quantitative estimate of drug-likeness (QED) is 0.742. The van der Waals surface area contributed by atoms with Crippen LogP contribution >= 0.6 is 0 Å². The molecule has 0 N–H and O–H groups in total. The number of benzene rings is 1. The maximum Gasteiger partial charge on any atom is 0.171 e. The summed E-state index contributed by atoms with van der Waals surface area (Å²) in [6.45, 7) is 11.6. The fraction of sp³-hybridized carbons (Fsp3) is 0.474. The summed E-state index contributed by atoms with van der Waals surface area (Å²) < 4.78 is 6.14. The Hall–Kier alpha value is -1.90. The van der Waals surface area contributed by atoms with Crippen molar-refractivity contribution in [2.45, 2.75) is 39.7 Å². The van der Waals surface area contributed by atoms with Crippen molar-refractivity contribution in [3.05, 3.63) is 42.0 Å². The molecule has 1 aromatic carbocycles. The number of carbonyl (C=O) groups is 2. The van der Waals surface area contributed by atoms with Gasteiger partial charge in [0.1, 0.15) is 17.1 Å². The highest BCUT2D eigenvalue weighted by Crippen LogP contribution is 2.54. The van der Waals surface area contributed by atoms with Gasteiger partial charge in [-0.2, -0.15) is 0 Å². The second-order valence-corrected chi connectivity index (χ2v) is 7.33. The number of aryl methyl sites for hydroxylation is 1. The van der Waals surface area contributed by atoms with Gasteiger partial charge in [-0.15, -0.1) is 6.58 Å². The summed E-state index contributed by atoms with van der Waals surface area (Å²) in [6, 6.07) is 5.61. The average Bonchev–Trinajstić information content (AvgIpc) is 2.65. The van der Waals surface area contributed by atoms with Crippen LogP contribution in [-0.4, -0.2) is 17.2 Å². The summed E-state index contributed by atoms with van der Waals surface area (Å²) in [5.41, 5.74) is 0.288. The van der Waals surface area contributed by atoms with Gasteiger partial charge in [0.25, 0.3) is 0 Å². The third-order valence-electron chi connectivity index (χ3n) is 5.30. The minimum absolute atomic E-state index is 0.0110. The predicted octanol–water partition coefficient (Wildman–Crippen LogP) is 3.75. The van der Waals surface area contributed by atoms with Crippen molar-refractivity contribution in [1.82, 2.24) is 0 Å². The number of ether oxygens (including phenoxy) is 1. The van der Waals surface area contributed by atoms with E-state index in [4.69, 9.17) is 4.74 Å². The van der Waals surface area contributed by atoms with Crippen LogP contribution in [0, 0.1) is 24.2 Å². The molecule has 0 unspecified atom stereocenters. The summed E-state index contributed by atoms with van der Waals surface area (Å²) in [6.07, 6.45) is 2.12. The highest BCUT2D eigenvalue weighted by Gasteiger charge is 2.60. The zero-order chi connectivity index (χ0) is 16.3. The first-order chi connectivity index (χ1) is 10.2. The van der Waals surface area contributed by atoms with Gasteiger partial charge in [0, 0.05) is 17.8 Å². The van der Waals surface area contributed by atoms with Gasteiger partial charge < -0.3 is 4.74 Å². The van der Waals surface area contributed by atoms with Gasteiger partial charge in [0.15, 0.2) is 5.78 Å². The van der Waals surface area contributed by atoms with Crippen molar-refractivity contribution in [3.8, 4) is 5.75 Å². The lowest BCUT2D eigenvalue weighted by molar-refractivity contribution is -0.126. The predicted molar refractivity (Wildman–Crippen MR) is 85.1 cm³/mol. The van der Waals surface area contributed by atoms with Crippen LogP contribution in [-0.2, 0) is 4.79 Å². The van der Waals surface area contributed by atoms with Gasteiger partial charge in [0.2, 0.25) is 0 Å². The van der Waals surface area contributed by atoms with E-state index in [0.717, 1.165) is 5.56 Å². The molecule has 116 valence electrons. The molecule has 0 spiro atoms. The smallest absolute Gasteiger partial charge is 0.171 e. The normalized spacial score (nSPS) is 32.7. The molecular weight excluding hydrogens is 276 g/mol. The first kappa shape index (κ1) is 15.0. The standard InChI is InChI=1S/C19H22O3/c1-6-19(5)10-12(20)15-16(19)17(21)14-11(2)8-7-9-13(14)22-18(15,3)4/h6-9,15-16H,1,10H2,2-5H3/t15-,16-,19-/m0/s1. The van der Waals surface area contributed by atoms with Gasteiger partial charge >= 0.3 is 0 Å². The Kier molecular flexibility index (Phi) is 3.10. The number of fused-ring (bicyclic) bond motifs is 2. The fourth-order valence-corrected chi connectivity index (χ4v) is 4.15. The summed E-state index contributed by atoms with van der Waals surface area (Å²) in [5, 5.41) is 0. The highest BCUT2D eigenvalue weighted by molar-refractivity contribution is 6.07. The molecule has 1 heterocycles. The largest absolute Gasteiger partial charge is 0.486 e. The Morgan fingerprint density at radius 3 is 2.55 bits per heavy atom. The lowest BCUT2D eigenvalue weighted by Gasteiger charge is -2.34. The average molecular weight is 298 g/mol. The van der Waals surface area contributed by atoms with Crippen molar-refractivity contribution in [3.63, 3.8) is 0 Å². The number of ketones is 2. The lowest BCUT2D eigenvalue weighted by atomic mass is 9.69. The van der Waals surface area contributed by atoms with Crippen molar-refractivity contribution in [2.24, 2.45) is 17.3 Å². The minimum Gasteiger partial charge on any atom is -0.486 e. The van der Waals surface area contributed by atoms with E-state index in [1.54, 1.807) is 6.08 Å². The molecule has 3 atom stereocenters. The Bertz CT molecular complexity index is 686. The molecule has 1 aliphatic carbocycles. The third-order valence-corrected chi connectivity index (χ3v) is 5.30. The zero-order valence-corrected chi connectivity index (χ0v) is 13.6. The number of hydrogen-bond acceptors (Lipinski definition) is 3.